The molecule has 1 N–H and O–H groups in total. The standard InChI is InChI=1S/C21H21IN2O4/c1-4-9-28-20-18(22)11-14(12-19(20)27-3)10-15(13-23)21(25)24-16-5-7-17(26-2)8-6-16/h5-8,10-12H,4,9H2,1-3H3,(H,24,25)/b15-10-. The largest absolute Gasteiger partial charge is 0.497 e. The van der Waals surface area contributed by atoms with Gasteiger partial charge in [0, 0.05) is 5.69 Å². The Morgan fingerprint density at radius 3 is 2.50 bits per heavy atom. The Labute approximate surface area is 178 Å². The summed E-state index contributed by atoms with van der Waals surface area (Å²) >= 11 is 2.15. The zero-order valence-electron chi connectivity index (χ0n) is 15.9. The molecule has 0 radical (unpaired) electrons. The fourth-order valence-corrected chi connectivity index (χ4v) is 3.14. The molecule has 146 valence electrons. The number of carbonyl (C=O) groups excluding carboxylic acids is 1. The fourth-order valence-electron chi connectivity index (χ4n) is 2.36. The van der Waals surface area contributed by atoms with Crippen LogP contribution in [0.3, 0.4) is 0 Å². The van der Waals surface area contributed by atoms with Gasteiger partial charge >= 0.3 is 0 Å². The summed E-state index contributed by atoms with van der Waals surface area (Å²) in [5, 5.41) is 12.1. The number of nitrogens with zero attached hydrogens (tertiary/aromatic N) is 1. The smallest absolute Gasteiger partial charge is 0.266 e. The van der Waals surface area contributed by atoms with Crippen LogP contribution in [0.2, 0.25) is 0 Å². The van der Waals surface area contributed by atoms with Gasteiger partial charge in [0.15, 0.2) is 11.5 Å². The average Bonchev–Trinajstić information content (AvgIpc) is 2.71. The maximum atomic E-state index is 12.5. The van der Waals surface area contributed by atoms with E-state index in [9.17, 15) is 10.1 Å². The number of halogens is 1. The van der Waals surface area contributed by atoms with Crippen molar-refractivity contribution in [1.29, 1.82) is 5.26 Å². The number of benzene rings is 2. The van der Waals surface area contributed by atoms with Crippen molar-refractivity contribution in [3.05, 3.63) is 51.1 Å². The van der Waals surface area contributed by atoms with Gasteiger partial charge in [-0.3, -0.25) is 4.79 Å². The number of hydrogen-bond acceptors (Lipinski definition) is 5. The lowest BCUT2D eigenvalue weighted by Crippen LogP contribution is -2.13. The van der Waals surface area contributed by atoms with Gasteiger partial charge in [-0.1, -0.05) is 6.92 Å². The fraction of sp³-hybridized carbons (Fsp3) is 0.238. The Bertz CT molecular complexity index is 902. The van der Waals surface area contributed by atoms with E-state index in [0.29, 0.717) is 35.1 Å². The highest BCUT2D eigenvalue weighted by Gasteiger charge is 2.14. The van der Waals surface area contributed by atoms with E-state index in [1.165, 1.54) is 6.08 Å². The molecule has 0 aromatic heterocycles. The first-order valence-electron chi connectivity index (χ1n) is 8.59. The monoisotopic (exact) mass is 492 g/mol. The van der Waals surface area contributed by atoms with Crippen molar-refractivity contribution in [1.82, 2.24) is 0 Å². The third-order valence-electron chi connectivity index (χ3n) is 3.73. The number of ether oxygens (including phenoxy) is 3. The van der Waals surface area contributed by atoms with E-state index < -0.39 is 5.91 Å². The summed E-state index contributed by atoms with van der Waals surface area (Å²) in [6.45, 7) is 2.60. The number of nitrogens with one attached hydrogen (secondary N) is 1. The number of carbonyl (C=O) groups is 1. The van der Waals surface area contributed by atoms with E-state index in [1.54, 1.807) is 44.6 Å². The molecule has 0 saturated heterocycles. The van der Waals surface area contributed by atoms with E-state index in [1.807, 2.05) is 19.1 Å². The van der Waals surface area contributed by atoms with Gasteiger partial charge in [-0.15, -0.1) is 0 Å². The Balaban J connectivity index is 2.26. The lowest BCUT2D eigenvalue weighted by atomic mass is 10.1. The van der Waals surface area contributed by atoms with Crippen molar-refractivity contribution in [3.8, 4) is 23.3 Å². The Morgan fingerprint density at radius 1 is 1.21 bits per heavy atom. The lowest BCUT2D eigenvalue weighted by Gasteiger charge is -2.13. The third-order valence-corrected chi connectivity index (χ3v) is 4.53. The number of methoxy groups -OCH3 is 2. The molecule has 0 heterocycles. The molecular weight excluding hydrogens is 471 g/mol. The number of hydrogen-bond donors (Lipinski definition) is 1. The van der Waals surface area contributed by atoms with Gasteiger partial charge in [0.2, 0.25) is 0 Å². The predicted molar refractivity (Wildman–Crippen MR) is 117 cm³/mol. The Kier molecular flexibility index (Phi) is 8.14. The van der Waals surface area contributed by atoms with Crippen LogP contribution in [0, 0.1) is 14.9 Å². The summed E-state index contributed by atoms with van der Waals surface area (Å²) < 4.78 is 17.1. The molecule has 0 spiro atoms. The average molecular weight is 492 g/mol. The van der Waals surface area contributed by atoms with E-state index >= 15 is 0 Å². The second kappa shape index (κ2) is 10.6. The highest BCUT2D eigenvalue weighted by Crippen LogP contribution is 2.34. The minimum absolute atomic E-state index is 0.0177. The lowest BCUT2D eigenvalue weighted by molar-refractivity contribution is -0.112. The van der Waals surface area contributed by atoms with Crippen molar-refractivity contribution in [2.24, 2.45) is 0 Å². The first-order valence-corrected chi connectivity index (χ1v) is 9.67. The molecule has 0 aliphatic carbocycles. The van der Waals surface area contributed by atoms with Crippen molar-refractivity contribution >= 4 is 40.3 Å². The molecule has 2 aromatic carbocycles. The van der Waals surface area contributed by atoms with Crippen LogP contribution in [0.1, 0.15) is 18.9 Å². The van der Waals surface area contributed by atoms with Gasteiger partial charge in [0.05, 0.1) is 24.4 Å². The van der Waals surface area contributed by atoms with Crippen molar-refractivity contribution in [2.75, 3.05) is 26.1 Å². The molecule has 7 heteroatoms. The second-order valence-electron chi connectivity index (χ2n) is 5.74. The molecule has 2 aromatic rings. The Hall–Kier alpha value is -2.73. The van der Waals surface area contributed by atoms with Crippen molar-refractivity contribution in [2.45, 2.75) is 13.3 Å². The van der Waals surface area contributed by atoms with E-state index in [-0.39, 0.29) is 5.57 Å². The normalized spacial score (nSPS) is 10.8. The second-order valence-corrected chi connectivity index (χ2v) is 6.90. The van der Waals surface area contributed by atoms with Crippen LogP contribution in [0.4, 0.5) is 5.69 Å². The van der Waals surface area contributed by atoms with Crippen LogP contribution >= 0.6 is 22.6 Å². The van der Waals surface area contributed by atoms with Crippen LogP contribution in [-0.4, -0.2) is 26.7 Å². The molecule has 0 bridgehead atoms. The van der Waals surface area contributed by atoms with Crippen LogP contribution in [0.15, 0.2) is 42.0 Å². The van der Waals surface area contributed by atoms with Gasteiger partial charge in [0.25, 0.3) is 5.91 Å². The molecule has 0 saturated carbocycles. The number of anilines is 1. The molecular formula is C21H21IN2O4. The summed E-state index contributed by atoms with van der Waals surface area (Å²) in [6, 6.07) is 12.4. The topological polar surface area (TPSA) is 80.6 Å². The van der Waals surface area contributed by atoms with Crippen molar-refractivity contribution in [3.63, 3.8) is 0 Å². The maximum absolute atomic E-state index is 12.5. The molecule has 0 atom stereocenters. The first-order chi connectivity index (χ1) is 13.5. The van der Waals surface area contributed by atoms with E-state index in [0.717, 1.165) is 9.99 Å². The van der Waals surface area contributed by atoms with Crippen LogP contribution < -0.4 is 19.5 Å². The highest BCUT2D eigenvalue weighted by atomic mass is 127. The van der Waals surface area contributed by atoms with Gasteiger partial charge in [-0.2, -0.15) is 5.26 Å². The minimum Gasteiger partial charge on any atom is -0.497 e. The van der Waals surface area contributed by atoms with Gasteiger partial charge < -0.3 is 19.5 Å². The summed E-state index contributed by atoms with van der Waals surface area (Å²) in [4.78, 5) is 12.5. The van der Waals surface area contributed by atoms with Gasteiger partial charge in [-0.25, -0.2) is 0 Å². The minimum atomic E-state index is -0.493. The summed E-state index contributed by atoms with van der Waals surface area (Å²) in [6.07, 6.45) is 2.40. The van der Waals surface area contributed by atoms with Gasteiger partial charge in [-0.05, 0) is 77.0 Å². The molecule has 2 rings (SSSR count). The zero-order chi connectivity index (χ0) is 20.5. The van der Waals surface area contributed by atoms with Crippen LogP contribution in [0.5, 0.6) is 17.2 Å². The maximum Gasteiger partial charge on any atom is 0.266 e. The van der Waals surface area contributed by atoms with E-state index in [4.69, 9.17) is 14.2 Å². The van der Waals surface area contributed by atoms with Crippen LogP contribution in [0.25, 0.3) is 6.08 Å². The Morgan fingerprint density at radius 2 is 1.93 bits per heavy atom. The molecule has 6 nitrogen and oxygen atoms in total. The molecule has 0 unspecified atom stereocenters. The third kappa shape index (κ3) is 5.63. The highest BCUT2D eigenvalue weighted by molar-refractivity contribution is 14.1. The predicted octanol–water partition coefficient (Wildman–Crippen LogP) is 4.64. The molecule has 0 aliphatic heterocycles. The number of amides is 1. The molecule has 0 fully saturated rings. The summed E-state index contributed by atoms with van der Waals surface area (Å²) in [5.41, 5.74) is 1.23. The summed E-state index contributed by atoms with van der Waals surface area (Å²) in [7, 11) is 3.12. The number of nitriles is 1. The van der Waals surface area contributed by atoms with Crippen molar-refractivity contribution < 1.29 is 19.0 Å². The van der Waals surface area contributed by atoms with Crippen LogP contribution in [-0.2, 0) is 4.79 Å². The SMILES string of the molecule is CCCOc1c(I)cc(/C=C(/C#N)C(=O)Nc2ccc(OC)cc2)cc1OC. The number of rotatable bonds is 8. The zero-order valence-corrected chi connectivity index (χ0v) is 18.1. The van der Waals surface area contributed by atoms with Gasteiger partial charge in [0.1, 0.15) is 17.4 Å². The molecule has 0 aliphatic rings. The van der Waals surface area contributed by atoms with E-state index in [2.05, 4.69) is 27.9 Å². The molecule has 1 amide bonds. The first kappa shape index (κ1) is 21.6. The molecule has 28 heavy (non-hydrogen) atoms. The quantitative estimate of drug-likeness (QED) is 0.330. The summed E-state index contributed by atoms with van der Waals surface area (Å²) in [5.74, 6) is 1.40.